The second-order valence-electron chi connectivity index (χ2n) is 6.24. The molecule has 0 spiro atoms. The van der Waals surface area contributed by atoms with Gasteiger partial charge in [0.15, 0.2) is 0 Å². The Morgan fingerprint density at radius 2 is 1.97 bits per heavy atom. The van der Waals surface area contributed by atoms with E-state index < -0.39 is 46.3 Å². The van der Waals surface area contributed by atoms with Crippen LogP contribution in [0.5, 0.6) is 5.75 Å². The van der Waals surface area contributed by atoms with Crippen molar-refractivity contribution in [3.63, 3.8) is 0 Å². The summed E-state index contributed by atoms with van der Waals surface area (Å²) in [4.78, 5) is 15.6. The number of phenolic OH excluding ortho intramolecular Hbond substituents is 1. The number of rotatable bonds is 5. The summed E-state index contributed by atoms with van der Waals surface area (Å²) in [7, 11) is 0. The number of aliphatic hydroxyl groups excluding tert-OH is 1. The molecular weight excluding hydrogens is 448 g/mol. The Bertz CT molecular complexity index is 1110. The Labute approximate surface area is 176 Å². The fraction of sp³-hybridized carbons (Fsp3) is 0.158. The molecule has 1 heterocycles. The van der Waals surface area contributed by atoms with Gasteiger partial charge in [-0.25, -0.2) is 22.5 Å². The van der Waals surface area contributed by atoms with E-state index in [0.717, 1.165) is 12.1 Å². The number of nitrogens with zero attached hydrogens (tertiary/aromatic N) is 1. The van der Waals surface area contributed by atoms with Crippen LogP contribution in [-0.4, -0.2) is 21.1 Å². The van der Waals surface area contributed by atoms with Crippen molar-refractivity contribution in [2.24, 2.45) is 0 Å². The Morgan fingerprint density at radius 3 is 2.53 bits per heavy atom. The van der Waals surface area contributed by atoms with Crippen molar-refractivity contribution in [1.82, 2.24) is 4.98 Å². The Kier molecular flexibility index (Phi) is 6.02. The smallest absolute Gasteiger partial charge is 0.281 e. The van der Waals surface area contributed by atoms with E-state index in [4.69, 9.17) is 11.6 Å². The van der Waals surface area contributed by atoms with Crippen molar-refractivity contribution in [3.8, 4) is 16.3 Å². The first-order valence-corrected chi connectivity index (χ1v) is 9.49. The number of thiazole rings is 1. The second-order valence-corrected chi connectivity index (χ2v) is 7.65. The van der Waals surface area contributed by atoms with E-state index in [-0.39, 0.29) is 27.0 Å². The van der Waals surface area contributed by atoms with Gasteiger partial charge in [0.05, 0.1) is 33.5 Å². The molecule has 2 aromatic carbocycles. The van der Waals surface area contributed by atoms with Gasteiger partial charge < -0.3 is 15.5 Å². The van der Waals surface area contributed by atoms with Crippen LogP contribution in [0.15, 0.2) is 30.3 Å². The lowest BCUT2D eigenvalue weighted by molar-refractivity contribution is 0.0192. The van der Waals surface area contributed by atoms with Crippen molar-refractivity contribution in [3.05, 3.63) is 63.1 Å². The zero-order valence-corrected chi connectivity index (χ0v) is 16.7. The van der Waals surface area contributed by atoms with Crippen molar-refractivity contribution >= 4 is 34.5 Å². The summed E-state index contributed by atoms with van der Waals surface area (Å²) in [5.74, 6) is -6.92. The highest BCUT2D eigenvalue weighted by Gasteiger charge is 2.32. The summed E-state index contributed by atoms with van der Waals surface area (Å²) in [6, 6.07) is 5.20. The van der Waals surface area contributed by atoms with Crippen LogP contribution in [0, 0.1) is 11.6 Å². The number of phenols is 1. The summed E-state index contributed by atoms with van der Waals surface area (Å²) in [5, 5.41) is 21.3. The van der Waals surface area contributed by atoms with Gasteiger partial charge >= 0.3 is 0 Å². The predicted molar refractivity (Wildman–Crippen MR) is 104 cm³/mol. The summed E-state index contributed by atoms with van der Waals surface area (Å²) < 4.78 is 55.8. The lowest BCUT2D eigenvalue weighted by atomic mass is 10.1. The molecule has 0 radical (unpaired) electrons. The van der Waals surface area contributed by atoms with Crippen LogP contribution in [0.25, 0.3) is 10.6 Å². The summed E-state index contributed by atoms with van der Waals surface area (Å²) in [6.07, 6.45) is 0. The zero-order valence-electron chi connectivity index (χ0n) is 15.1. The molecule has 5 nitrogen and oxygen atoms in total. The Balaban J connectivity index is 1.99. The van der Waals surface area contributed by atoms with Crippen molar-refractivity contribution in [2.45, 2.75) is 19.5 Å². The van der Waals surface area contributed by atoms with Crippen molar-refractivity contribution < 1.29 is 32.6 Å². The molecule has 0 bridgehead atoms. The largest absolute Gasteiger partial charge is 0.507 e. The van der Waals surface area contributed by atoms with Crippen molar-refractivity contribution in [1.29, 1.82) is 0 Å². The monoisotopic (exact) mass is 460 g/mol. The number of nitrogens with one attached hydrogen (secondary N) is 1. The number of amides is 1. The summed E-state index contributed by atoms with van der Waals surface area (Å²) >= 11 is 6.27. The number of aliphatic hydroxyl groups is 1. The van der Waals surface area contributed by atoms with Crippen LogP contribution in [0.4, 0.5) is 23.2 Å². The number of halogens is 5. The Hall–Kier alpha value is -2.69. The maximum atomic E-state index is 14.6. The SMILES string of the molecule is CC(F)(F)c1sc(-c2cc(O)c(C(=O)Nc3c(F)cccc3Cl)cc2F)nc1CO. The quantitative estimate of drug-likeness (QED) is 0.451. The third-order valence-electron chi connectivity index (χ3n) is 4.01. The highest BCUT2D eigenvalue weighted by atomic mass is 35.5. The number of alkyl halides is 2. The molecule has 158 valence electrons. The lowest BCUT2D eigenvalue weighted by Gasteiger charge is -2.11. The first-order chi connectivity index (χ1) is 14.0. The molecule has 3 aromatic rings. The molecule has 0 saturated heterocycles. The summed E-state index contributed by atoms with van der Waals surface area (Å²) in [5.41, 5.74) is -1.55. The van der Waals surface area contributed by atoms with Gasteiger partial charge in [0.1, 0.15) is 22.4 Å². The fourth-order valence-corrected chi connectivity index (χ4v) is 3.86. The first kappa shape index (κ1) is 22.0. The van der Waals surface area contributed by atoms with Crippen LogP contribution in [-0.2, 0) is 12.5 Å². The molecule has 0 unspecified atom stereocenters. The van der Waals surface area contributed by atoms with E-state index in [1.165, 1.54) is 12.1 Å². The van der Waals surface area contributed by atoms with Gasteiger partial charge in [0.25, 0.3) is 11.8 Å². The number of carbonyl (C=O) groups excluding carboxylic acids is 1. The van der Waals surface area contributed by atoms with E-state index in [0.29, 0.717) is 24.3 Å². The Morgan fingerprint density at radius 1 is 1.27 bits per heavy atom. The van der Waals surface area contributed by atoms with Gasteiger partial charge in [-0.15, -0.1) is 11.3 Å². The molecule has 3 rings (SSSR count). The highest BCUT2D eigenvalue weighted by molar-refractivity contribution is 7.15. The molecule has 0 fully saturated rings. The molecule has 0 atom stereocenters. The van der Waals surface area contributed by atoms with Crippen LogP contribution in [0.2, 0.25) is 5.02 Å². The minimum Gasteiger partial charge on any atom is -0.507 e. The average molecular weight is 461 g/mol. The maximum Gasteiger partial charge on any atom is 0.281 e. The molecule has 0 saturated carbocycles. The highest BCUT2D eigenvalue weighted by Crippen LogP contribution is 2.40. The molecule has 1 amide bonds. The number of hydrogen-bond donors (Lipinski definition) is 3. The third-order valence-corrected chi connectivity index (χ3v) is 5.63. The molecule has 0 aliphatic carbocycles. The molecule has 11 heteroatoms. The molecular formula is C19H13ClF4N2O3S. The number of para-hydroxylation sites is 1. The molecule has 1 aromatic heterocycles. The molecule has 3 N–H and O–H groups in total. The zero-order chi connectivity index (χ0) is 22.2. The lowest BCUT2D eigenvalue weighted by Crippen LogP contribution is -2.14. The summed E-state index contributed by atoms with van der Waals surface area (Å²) in [6.45, 7) is -0.175. The standard InChI is InChI=1S/C19H13ClF4N2O3S/c1-19(23,24)16-13(7-27)25-18(30-16)8-6-14(28)9(5-12(8)22)17(29)26-15-10(20)3-2-4-11(15)21/h2-6,27-28H,7H2,1H3,(H,26,29). The molecule has 30 heavy (non-hydrogen) atoms. The van der Waals surface area contributed by atoms with Gasteiger partial charge in [-0.1, -0.05) is 17.7 Å². The number of hydrogen-bond acceptors (Lipinski definition) is 5. The number of anilines is 1. The van der Waals surface area contributed by atoms with E-state index in [1.807, 2.05) is 0 Å². The maximum absolute atomic E-state index is 14.6. The predicted octanol–water partition coefficient (Wildman–Crippen LogP) is 5.30. The van der Waals surface area contributed by atoms with Gasteiger partial charge in [-0.2, -0.15) is 0 Å². The number of aromatic nitrogens is 1. The first-order valence-electron chi connectivity index (χ1n) is 8.30. The van der Waals surface area contributed by atoms with Crippen molar-refractivity contribution in [2.75, 3.05) is 5.32 Å². The minimum absolute atomic E-state index is 0.104. The number of carbonyl (C=O) groups is 1. The van der Waals surface area contributed by atoms with Crippen LogP contribution in [0.1, 0.15) is 27.9 Å². The van der Waals surface area contributed by atoms with E-state index in [1.54, 1.807) is 0 Å². The minimum atomic E-state index is -3.31. The van der Waals surface area contributed by atoms with Crippen LogP contribution in [0.3, 0.4) is 0 Å². The van der Waals surface area contributed by atoms with E-state index in [2.05, 4.69) is 10.3 Å². The second kappa shape index (κ2) is 8.21. The van der Waals surface area contributed by atoms with Gasteiger partial charge in [0.2, 0.25) is 0 Å². The normalized spacial score (nSPS) is 11.6. The van der Waals surface area contributed by atoms with Crippen LogP contribution < -0.4 is 5.32 Å². The van der Waals surface area contributed by atoms with Crippen LogP contribution >= 0.6 is 22.9 Å². The number of benzene rings is 2. The van der Waals surface area contributed by atoms with E-state index in [9.17, 15) is 32.6 Å². The van der Waals surface area contributed by atoms with Gasteiger partial charge in [0, 0.05) is 12.5 Å². The molecule has 0 aliphatic heterocycles. The third kappa shape index (κ3) is 4.25. The number of aromatic hydroxyl groups is 1. The van der Waals surface area contributed by atoms with Gasteiger partial charge in [-0.05, 0) is 24.3 Å². The topological polar surface area (TPSA) is 82.5 Å². The average Bonchev–Trinajstić information content (AvgIpc) is 3.11. The van der Waals surface area contributed by atoms with E-state index >= 15 is 0 Å². The van der Waals surface area contributed by atoms with Gasteiger partial charge in [-0.3, -0.25) is 4.79 Å². The fourth-order valence-electron chi connectivity index (χ4n) is 2.62. The molecule has 0 aliphatic rings.